The molecule has 2 rings (SSSR count). The Bertz CT molecular complexity index is 394. The van der Waals surface area contributed by atoms with Gasteiger partial charge < -0.3 is 14.9 Å². The molecule has 0 atom stereocenters. The van der Waals surface area contributed by atoms with Crippen LogP contribution in [0.25, 0.3) is 0 Å². The van der Waals surface area contributed by atoms with Crippen LogP contribution < -0.4 is 0 Å². The lowest BCUT2D eigenvalue weighted by Gasteiger charge is -2.18. The highest BCUT2D eigenvalue weighted by molar-refractivity contribution is 5.76. The van der Waals surface area contributed by atoms with E-state index in [0.29, 0.717) is 13.0 Å². The minimum absolute atomic E-state index is 0.126. The summed E-state index contributed by atoms with van der Waals surface area (Å²) in [5.41, 5.74) is 1.33. The van der Waals surface area contributed by atoms with Crippen molar-refractivity contribution in [3.05, 3.63) is 35.9 Å². The van der Waals surface area contributed by atoms with Gasteiger partial charge in [0.05, 0.1) is 0 Å². The van der Waals surface area contributed by atoms with Gasteiger partial charge in [-0.05, 0) is 24.8 Å². The highest BCUT2D eigenvalue weighted by atomic mass is 16.3. The lowest BCUT2D eigenvalue weighted by molar-refractivity contribution is 0.187. The Kier molecular flexibility index (Phi) is 5.21. The number of nitrogens with zero attached hydrogens (tertiary/aromatic N) is 2. The molecule has 1 aromatic carbocycles. The molecular formula is C15H22N2O2. The van der Waals surface area contributed by atoms with Gasteiger partial charge in [-0.3, -0.25) is 0 Å². The van der Waals surface area contributed by atoms with Gasteiger partial charge in [0.15, 0.2) is 0 Å². The molecule has 1 fully saturated rings. The number of aliphatic hydroxyl groups is 1. The van der Waals surface area contributed by atoms with E-state index in [9.17, 15) is 4.79 Å². The second kappa shape index (κ2) is 7.14. The van der Waals surface area contributed by atoms with Crippen molar-refractivity contribution in [3.8, 4) is 0 Å². The fourth-order valence-electron chi connectivity index (χ4n) is 2.43. The first kappa shape index (κ1) is 13.9. The van der Waals surface area contributed by atoms with Crippen LogP contribution >= 0.6 is 0 Å². The topological polar surface area (TPSA) is 43.8 Å². The van der Waals surface area contributed by atoms with E-state index in [1.54, 1.807) is 0 Å². The molecule has 0 bridgehead atoms. The fraction of sp³-hybridized carbons (Fsp3) is 0.533. The number of urea groups is 1. The molecule has 1 N–H and O–H groups in total. The van der Waals surface area contributed by atoms with Gasteiger partial charge in [-0.1, -0.05) is 30.3 Å². The summed E-state index contributed by atoms with van der Waals surface area (Å²) in [5, 5.41) is 8.79. The first-order valence-corrected chi connectivity index (χ1v) is 7.00. The van der Waals surface area contributed by atoms with Crippen LogP contribution in [-0.4, -0.2) is 53.7 Å². The van der Waals surface area contributed by atoms with Crippen LogP contribution in [0.3, 0.4) is 0 Å². The van der Waals surface area contributed by atoms with Gasteiger partial charge in [0.2, 0.25) is 0 Å². The first-order valence-electron chi connectivity index (χ1n) is 7.00. The van der Waals surface area contributed by atoms with Crippen molar-refractivity contribution < 1.29 is 9.90 Å². The standard InChI is InChI=1S/C15H22N2O2/c18-13-5-10-17-12-11-16(15(17)19)9-4-8-14-6-2-1-3-7-14/h1-3,6-7,18H,4-5,8-13H2. The van der Waals surface area contributed by atoms with Crippen molar-refractivity contribution in [1.82, 2.24) is 9.80 Å². The lowest BCUT2D eigenvalue weighted by Crippen LogP contribution is -2.33. The number of aryl methyl sites for hydroxylation is 1. The predicted octanol–water partition coefficient (Wildman–Crippen LogP) is 1.74. The third-order valence-corrected chi connectivity index (χ3v) is 3.50. The molecule has 0 aromatic heterocycles. The Morgan fingerprint density at radius 1 is 1.00 bits per heavy atom. The molecule has 0 spiro atoms. The molecule has 0 unspecified atom stereocenters. The van der Waals surface area contributed by atoms with Gasteiger partial charge in [-0.15, -0.1) is 0 Å². The molecule has 4 nitrogen and oxygen atoms in total. The maximum atomic E-state index is 12.0. The van der Waals surface area contributed by atoms with E-state index in [0.717, 1.165) is 32.5 Å². The van der Waals surface area contributed by atoms with E-state index < -0.39 is 0 Å². The smallest absolute Gasteiger partial charge is 0.320 e. The molecule has 0 saturated carbocycles. The number of hydrogen-bond acceptors (Lipinski definition) is 2. The summed E-state index contributed by atoms with van der Waals surface area (Å²) >= 11 is 0. The van der Waals surface area contributed by atoms with E-state index in [2.05, 4.69) is 12.1 Å². The lowest BCUT2D eigenvalue weighted by atomic mass is 10.1. The van der Waals surface area contributed by atoms with Crippen molar-refractivity contribution in [3.63, 3.8) is 0 Å². The van der Waals surface area contributed by atoms with Crippen molar-refractivity contribution in [2.24, 2.45) is 0 Å². The molecule has 1 heterocycles. The number of hydrogen-bond donors (Lipinski definition) is 1. The summed E-state index contributed by atoms with van der Waals surface area (Å²) in [7, 11) is 0. The number of carbonyl (C=O) groups excluding carboxylic acids is 1. The quantitative estimate of drug-likeness (QED) is 0.813. The minimum Gasteiger partial charge on any atom is -0.396 e. The van der Waals surface area contributed by atoms with Crippen LogP contribution in [0.15, 0.2) is 30.3 Å². The average molecular weight is 262 g/mol. The average Bonchev–Trinajstić information content (AvgIpc) is 2.79. The van der Waals surface area contributed by atoms with Crippen LogP contribution in [-0.2, 0) is 6.42 Å². The number of amides is 2. The van der Waals surface area contributed by atoms with Gasteiger partial charge >= 0.3 is 6.03 Å². The monoisotopic (exact) mass is 262 g/mol. The van der Waals surface area contributed by atoms with Gasteiger partial charge in [-0.2, -0.15) is 0 Å². The Morgan fingerprint density at radius 3 is 2.26 bits per heavy atom. The fourth-order valence-corrected chi connectivity index (χ4v) is 2.43. The van der Waals surface area contributed by atoms with Crippen LogP contribution in [0, 0.1) is 0 Å². The maximum absolute atomic E-state index is 12.0. The van der Waals surface area contributed by atoms with Gasteiger partial charge in [0.1, 0.15) is 0 Å². The molecular weight excluding hydrogens is 240 g/mol. The maximum Gasteiger partial charge on any atom is 0.320 e. The number of aliphatic hydroxyl groups excluding tert-OH is 1. The Labute approximate surface area is 114 Å². The van der Waals surface area contributed by atoms with E-state index in [1.165, 1.54) is 5.56 Å². The number of benzene rings is 1. The zero-order chi connectivity index (χ0) is 13.5. The first-order chi connectivity index (χ1) is 9.31. The van der Waals surface area contributed by atoms with Crippen molar-refractivity contribution in [2.75, 3.05) is 32.8 Å². The van der Waals surface area contributed by atoms with E-state index >= 15 is 0 Å². The molecule has 2 amide bonds. The molecule has 4 heteroatoms. The second-order valence-electron chi connectivity index (χ2n) is 4.92. The van der Waals surface area contributed by atoms with Crippen LogP contribution in [0.1, 0.15) is 18.4 Å². The molecule has 1 aliphatic rings. The minimum atomic E-state index is 0.126. The Morgan fingerprint density at radius 2 is 1.63 bits per heavy atom. The van der Waals surface area contributed by atoms with Crippen molar-refractivity contribution in [1.29, 1.82) is 0 Å². The summed E-state index contributed by atoms with van der Waals surface area (Å²) < 4.78 is 0. The normalized spacial score (nSPS) is 15.3. The molecule has 19 heavy (non-hydrogen) atoms. The van der Waals surface area contributed by atoms with Crippen LogP contribution in [0.2, 0.25) is 0 Å². The zero-order valence-electron chi connectivity index (χ0n) is 11.3. The second-order valence-corrected chi connectivity index (χ2v) is 4.92. The van der Waals surface area contributed by atoms with E-state index in [-0.39, 0.29) is 12.6 Å². The summed E-state index contributed by atoms with van der Waals surface area (Å²) in [6, 6.07) is 10.5. The Balaban J connectivity index is 1.71. The van der Waals surface area contributed by atoms with Crippen LogP contribution in [0.4, 0.5) is 4.79 Å². The highest BCUT2D eigenvalue weighted by Crippen LogP contribution is 2.11. The summed E-state index contributed by atoms with van der Waals surface area (Å²) in [6.07, 6.45) is 2.69. The predicted molar refractivity (Wildman–Crippen MR) is 75.0 cm³/mol. The summed E-state index contributed by atoms with van der Waals surface area (Å²) in [6.45, 7) is 3.26. The van der Waals surface area contributed by atoms with Crippen molar-refractivity contribution in [2.45, 2.75) is 19.3 Å². The number of rotatable bonds is 7. The molecule has 1 aliphatic heterocycles. The Hall–Kier alpha value is -1.55. The third-order valence-electron chi connectivity index (χ3n) is 3.50. The summed E-state index contributed by atoms with van der Waals surface area (Å²) in [5.74, 6) is 0. The van der Waals surface area contributed by atoms with Crippen molar-refractivity contribution >= 4 is 6.03 Å². The molecule has 1 aromatic rings. The SMILES string of the molecule is O=C1N(CCCO)CCN1CCCc1ccccc1. The van der Waals surface area contributed by atoms with E-state index in [4.69, 9.17) is 5.11 Å². The summed E-state index contributed by atoms with van der Waals surface area (Å²) in [4.78, 5) is 15.8. The zero-order valence-corrected chi connectivity index (χ0v) is 11.3. The highest BCUT2D eigenvalue weighted by Gasteiger charge is 2.26. The van der Waals surface area contributed by atoms with Crippen LogP contribution in [0.5, 0.6) is 0 Å². The van der Waals surface area contributed by atoms with Gasteiger partial charge in [0, 0.05) is 32.8 Å². The third kappa shape index (κ3) is 3.96. The van der Waals surface area contributed by atoms with Gasteiger partial charge in [-0.25, -0.2) is 4.79 Å². The largest absolute Gasteiger partial charge is 0.396 e. The van der Waals surface area contributed by atoms with E-state index in [1.807, 2.05) is 28.0 Å². The molecule has 1 saturated heterocycles. The molecule has 0 radical (unpaired) electrons. The number of carbonyl (C=O) groups is 1. The molecule has 0 aliphatic carbocycles. The van der Waals surface area contributed by atoms with Gasteiger partial charge in [0.25, 0.3) is 0 Å². The molecule has 104 valence electrons.